The highest BCUT2D eigenvalue weighted by Gasteiger charge is 2.17. The van der Waals surface area contributed by atoms with E-state index >= 15 is 0 Å². The summed E-state index contributed by atoms with van der Waals surface area (Å²) in [5.41, 5.74) is 0. The zero-order valence-corrected chi connectivity index (χ0v) is 9.99. The molecular weight excluding hydrogens is 194 g/mol. The van der Waals surface area contributed by atoms with Gasteiger partial charge in [-0.05, 0) is 20.3 Å². The van der Waals surface area contributed by atoms with Gasteiger partial charge in [0.05, 0.1) is 25.9 Å². The summed E-state index contributed by atoms with van der Waals surface area (Å²) in [6.07, 6.45) is 1.33. The standard InChI is InChI=1S/C11H23NO3/c1-9(6-13-3)12-10(2)7-15-11-4-5-14-8-11/h9-12H,4-8H2,1-3H3. The fraction of sp³-hybridized carbons (Fsp3) is 1.00. The number of methoxy groups -OCH3 is 1. The first-order valence-corrected chi connectivity index (χ1v) is 5.66. The SMILES string of the molecule is COCC(C)NC(C)COC1CCOC1. The van der Waals surface area contributed by atoms with Crippen molar-refractivity contribution in [1.82, 2.24) is 5.32 Å². The van der Waals surface area contributed by atoms with Crippen LogP contribution in [-0.2, 0) is 14.2 Å². The number of ether oxygens (including phenoxy) is 3. The number of hydrogen-bond acceptors (Lipinski definition) is 4. The van der Waals surface area contributed by atoms with E-state index < -0.39 is 0 Å². The van der Waals surface area contributed by atoms with Crippen molar-refractivity contribution in [2.45, 2.75) is 38.5 Å². The Morgan fingerprint density at radius 3 is 2.67 bits per heavy atom. The highest BCUT2D eigenvalue weighted by Crippen LogP contribution is 2.08. The predicted octanol–water partition coefficient (Wildman–Crippen LogP) is 0.805. The highest BCUT2D eigenvalue weighted by molar-refractivity contribution is 4.69. The quantitative estimate of drug-likeness (QED) is 0.685. The van der Waals surface area contributed by atoms with Crippen LogP contribution in [0.1, 0.15) is 20.3 Å². The Labute approximate surface area is 92.3 Å². The topological polar surface area (TPSA) is 39.7 Å². The molecule has 0 aliphatic carbocycles. The lowest BCUT2D eigenvalue weighted by Crippen LogP contribution is -2.40. The summed E-state index contributed by atoms with van der Waals surface area (Å²) in [5, 5.41) is 3.41. The molecule has 90 valence electrons. The summed E-state index contributed by atoms with van der Waals surface area (Å²) in [7, 11) is 1.72. The minimum absolute atomic E-state index is 0.298. The van der Waals surface area contributed by atoms with Crippen molar-refractivity contribution in [2.24, 2.45) is 0 Å². The van der Waals surface area contributed by atoms with E-state index in [1.165, 1.54) is 0 Å². The molecule has 0 aromatic rings. The molecule has 0 radical (unpaired) electrons. The smallest absolute Gasteiger partial charge is 0.0831 e. The molecule has 15 heavy (non-hydrogen) atoms. The Morgan fingerprint density at radius 2 is 2.07 bits per heavy atom. The van der Waals surface area contributed by atoms with E-state index in [9.17, 15) is 0 Å². The summed E-state index contributed by atoms with van der Waals surface area (Å²) >= 11 is 0. The monoisotopic (exact) mass is 217 g/mol. The van der Waals surface area contributed by atoms with Crippen LogP contribution < -0.4 is 5.32 Å². The van der Waals surface area contributed by atoms with Crippen LogP contribution in [0.2, 0.25) is 0 Å². The minimum atomic E-state index is 0.298. The molecule has 1 aliphatic rings. The van der Waals surface area contributed by atoms with Crippen LogP contribution in [0.5, 0.6) is 0 Å². The third-order valence-corrected chi connectivity index (χ3v) is 2.46. The van der Waals surface area contributed by atoms with Gasteiger partial charge < -0.3 is 19.5 Å². The summed E-state index contributed by atoms with van der Waals surface area (Å²) in [5.74, 6) is 0. The van der Waals surface area contributed by atoms with Gasteiger partial charge in [0.25, 0.3) is 0 Å². The molecule has 1 saturated heterocycles. The van der Waals surface area contributed by atoms with Gasteiger partial charge in [-0.25, -0.2) is 0 Å². The fourth-order valence-corrected chi connectivity index (χ4v) is 1.76. The van der Waals surface area contributed by atoms with E-state index in [-0.39, 0.29) is 0 Å². The molecule has 3 atom stereocenters. The van der Waals surface area contributed by atoms with Gasteiger partial charge >= 0.3 is 0 Å². The first-order valence-electron chi connectivity index (χ1n) is 5.66. The molecule has 1 heterocycles. The van der Waals surface area contributed by atoms with Gasteiger partial charge in [0.15, 0.2) is 0 Å². The molecule has 1 fully saturated rings. The van der Waals surface area contributed by atoms with Crippen molar-refractivity contribution >= 4 is 0 Å². The van der Waals surface area contributed by atoms with Crippen molar-refractivity contribution in [3.63, 3.8) is 0 Å². The van der Waals surface area contributed by atoms with Gasteiger partial charge in [0.1, 0.15) is 0 Å². The summed E-state index contributed by atoms with van der Waals surface area (Å²) in [6.45, 7) is 7.30. The Balaban J connectivity index is 2.04. The molecule has 0 bridgehead atoms. The van der Waals surface area contributed by atoms with Crippen LogP contribution in [0.25, 0.3) is 0 Å². The van der Waals surface area contributed by atoms with Gasteiger partial charge in [-0.1, -0.05) is 0 Å². The van der Waals surface area contributed by atoms with E-state index in [2.05, 4.69) is 19.2 Å². The molecule has 0 aromatic heterocycles. The molecule has 0 spiro atoms. The first kappa shape index (κ1) is 12.9. The Bertz CT molecular complexity index is 160. The third kappa shape index (κ3) is 5.47. The van der Waals surface area contributed by atoms with E-state index in [1.807, 2.05) is 0 Å². The van der Waals surface area contributed by atoms with Gasteiger partial charge in [0, 0.05) is 25.8 Å². The average Bonchev–Trinajstić information content (AvgIpc) is 2.67. The van der Waals surface area contributed by atoms with Gasteiger partial charge in [0.2, 0.25) is 0 Å². The number of rotatable bonds is 7. The Kier molecular flexibility index (Phi) is 6.17. The summed E-state index contributed by atoms with van der Waals surface area (Å²) in [4.78, 5) is 0. The van der Waals surface area contributed by atoms with E-state index in [0.29, 0.717) is 18.2 Å². The van der Waals surface area contributed by atoms with Crippen LogP contribution in [-0.4, -0.2) is 51.7 Å². The molecule has 0 saturated carbocycles. The Morgan fingerprint density at radius 1 is 1.33 bits per heavy atom. The third-order valence-electron chi connectivity index (χ3n) is 2.46. The van der Waals surface area contributed by atoms with E-state index in [0.717, 1.165) is 32.8 Å². The maximum absolute atomic E-state index is 5.72. The molecule has 0 aromatic carbocycles. The normalized spacial score (nSPS) is 25.4. The predicted molar refractivity (Wildman–Crippen MR) is 59.1 cm³/mol. The molecule has 0 amide bonds. The summed E-state index contributed by atoms with van der Waals surface area (Å²) in [6, 6.07) is 0.726. The summed E-state index contributed by atoms with van der Waals surface area (Å²) < 4.78 is 16.0. The largest absolute Gasteiger partial charge is 0.383 e. The number of hydrogen-bond donors (Lipinski definition) is 1. The second kappa shape index (κ2) is 7.17. The maximum atomic E-state index is 5.72. The lowest BCUT2D eigenvalue weighted by atomic mass is 10.2. The fourth-order valence-electron chi connectivity index (χ4n) is 1.76. The molecule has 1 N–H and O–H groups in total. The second-order valence-corrected chi connectivity index (χ2v) is 4.24. The van der Waals surface area contributed by atoms with Crippen molar-refractivity contribution in [2.75, 3.05) is 33.5 Å². The van der Waals surface area contributed by atoms with E-state index in [1.54, 1.807) is 7.11 Å². The van der Waals surface area contributed by atoms with Crippen molar-refractivity contribution in [1.29, 1.82) is 0 Å². The van der Waals surface area contributed by atoms with Crippen LogP contribution >= 0.6 is 0 Å². The van der Waals surface area contributed by atoms with Gasteiger partial charge in [-0.2, -0.15) is 0 Å². The minimum Gasteiger partial charge on any atom is -0.383 e. The lowest BCUT2D eigenvalue weighted by molar-refractivity contribution is 0.0292. The van der Waals surface area contributed by atoms with Crippen molar-refractivity contribution in [3.05, 3.63) is 0 Å². The average molecular weight is 217 g/mol. The van der Waals surface area contributed by atoms with Gasteiger partial charge in [-0.15, -0.1) is 0 Å². The van der Waals surface area contributed by atoms with Crippen molar-refractivity contribution in [3.8, 4) is 0 Å². The Hall–Kier alpha value is -0.160. The molecule has 4 nitrogen and oxygen atoms in total. The molecule has 4 heteroatoms. The van der Waals surface area contributed by atoms with Crippen LogP contribution in [0, 0.1) is 0 Å². The molecule has 3 unspecified atom stereocenters. The number of nitrogens with one attached hydrogen (secondary N) is 1. The van der Waals surface area contributed by atoms with Crippen LogP contribution in [0.4, 0.5) is 0 Å². The highest BCUT2D eigenvalue weighted by atomic mass is 16.5. The molecule has 1 aliphatic heterocycles. The van der Waals surface area contributed by atoms with Crippen LogP contribution in [0.3, 0.4) is 0 Å². The first-order chi connectivity index (χ1) is 7.22. The van der Waals surface area contributed by atoms with Crippen LogP contribution in [0.15, 0.2) is 0 Å². The van der Waals surface area contributed by atoms with Gasteiger partial charge in [-0.3, -0.25) is 0 Å². The molecular formula is C11H23NO3. The lowest BCUT2D eigenvalue weighted by Gasteiger charge is -2.20. The zero-order chi connectivity index (χ0) is 11.1. The van der Waals surface area contributed by atoms with Crippen molar-refractivity contribution < 1.29 is 14.2 Å². The molecule has 1 rings (SSSR count). The maximum Gasteiger partial charge on any atom is 0.0831 e. The zero-order valence-electron chi connectivity index (χ0n) is 9.99. The second-order valence-electron chi connectivity index (χ2n) is 4.24. The van der Waals surface area contributed by atoms with E-state index in [4.69, 9.17) is 14.2 Å².